The molecule has 18 heavy (non-hydrogen) atoms. The molecule has 0 saturated carbocycles. The Kier molecular flexibility index (Phi) is 15.5. The minimum atomic E-state index is 1.26. The molecule has 0 spiro atoms. The van der Waals surface area contributed by atoms with Gasteiger partial charge in [0.2, 0.25) is 0 Å². The van der Waals surface area contributed by atoms with Crippen LogP contribution in [0.2, 0.25) is 0 Å². The summed E-state index contributed by atoms with van der Waals surface area (Å²) in [5, 5.41) is 0. The molecule has 106 valence electrons. The molecule has 1 aromatic rings. The zero-order chi connectivity index (χ0) is 14.4. The molecule has 1 rings (SSSR count). The summed E-state index contributed by atoms with van der Waals surface area (Å²) >= 11 is 0. The predicted octanol–water partition coefficient (Wildman–Crippen LogP) is 6.48. The molecule has 0 aliphatic rings. The second kappa shape index (κ2) is 14.3. The van der Waals surface area contributed by atoms with E-state index in [2.05, 4.69) is 39.0 Å². The number of aryl methyl sites for hydroxylation is 3. The van der Waals surface area contributed by atoms with Crippen molar-refractivity contribution in [3.8, 4) is 0 Å². The van der Waals surface area contributed by atoms with Crippen LogP contribution in [0.25, 0.3) is 0 Å². The van der Waals surface area contributed by atoms with E-state index in [-0.39, 0.29) is 0 Å². The van der Waals surface area contributed by atoms with Crippen LogP contribution >= 0.6 is 0 Å². The second-order valence-corrected chi connectivity index (χ2v) is 4.24. The lowest BCUT2D eigenvalue weighted by Crippen LogP contribution is -1.90. The molecule has 0 N–H and O–H groups in total. The number of rotatable bonds is 5. The Labute approximate surface area is 116 Å². The molecule has 0 atom stereocenters. The zero-order valence-electron chi connectivity index (χ0n) is 13.8. The van der Waals surface area contributed by atoms with Crippen LogP contribution in [-0.4, -0.2) is 0 Å². The molecule has 0 aromatic heterocycles. The molecule has 0 nitrogen and oxygen atoms in total. The second-order valence-electron chi connectivity index (χ2n) is 4.24. The van der Waals surface area contributed by atoms with Gasteiger partial charge in [-0.25, -0.2) is 0 Å². The molecule has 0 bridgehead atoms. The summed E-state index contributed by atoms with van der Waals surface area (Å²) in [4.78, 5) is 0. The summed E-state index contributed by atoms with van der Waals surface area (Å²) < 4.78 is 0. The average molecular weight is 250 g/mol. The first-order chi connectivity index (χ1) is 8.74. The number of benzene rings is 1. The van der Waals surface area contributed by atoms with E-state index in [0.29, 0.717) is 0 Å². The fraction of sp³-hybridized carbons (Fsp3) is 0.667. The summed E-state index contributed by atoms with van der Waals surface area (Å²) in [6.45, 7) is 14.6. The van der Waals surface area contributed by atoms with Crippen molar-refractivity contribution in [1.29, 1.82) is 0 Å². The minimum absolute atomic E-state index is 1.26. The molecule has 0 amide bonds. The van der Waals surface area contributed by atoms with Crippen molar-refractivity contribution < 1.29 is 0 Å². The quantitative estimate of drug-likeness (QED) is 0.525. The topological polar surface area (TPSA) is 0 Å². The van der Waals surface area contributed by atoms with Crippen molar-refractivity contribution in [3.63, 3.8) is 0 Å². The van der Waals surface area contributed by atoms with Gasteiger partial charge in [0.05, 0.1) is 0 Å². The van der Waals surface area contributed by atoms with Crippen LogP contribution in [0.3, 0.4) is 0 Å². The maximum absolute atomic E-state index is 2.29. The molecule has 0 unspecified atom stereocenters. The van der Waals surface area contributed by atoms with Gasteiger partial charge in [0, 0.05) is 0 Å². The van der Waals surface area contributed by atoms with Gasteiger partial charge in [-0.2, -0.15) is 0 Å². The highest BCUT2D eigenvalue weighted by molar-refractivity contribution is 5.30. The lowest BCUT2D eigenvalue weighted by atomic mass is 10.00. The summed E-state index contributed by atoms with van der Waals surface area (Å²) in [5.41, 5.74) is 4.37. The van der Waals surface area contributed by atoms with E-state index in [1.165, 1.54) is 48.8 Å². The first kappa shape index (κ1) is 19.6. The van der Waals surface area contributed by atoms with Gasteiger partial charge in [0.15, 0.2) is 0 Å². The normalized spacial score (nSPS) is 8.83. The summed E-state index contributed by atoms with van der Waals surface area (Å²) in [7, 11) is 0. The van der Waals surface area contributed by atoms with Crippen LogP contribution in [0, 0.1) is 13.8 Å². The fourth-order valence-corrected chi connectivity index (χ4v) is 1.87. The zero-order valence-corrected chi connectivity index (χ0v) is 13.8. The fourth-order valence-electron chi connectivity index (χ4n) is 1.87. The third-order valence-electron chi connectivity index (χ3n) is 2.80. The molecule has 0 heterocycles. The Bertz CT molecular complexity index is 273. The van der Waals surface area contributed by atoms with E-state index in [4.69, 9.17) is 0 Å². The molecule has 1 aromatic carbocycles. The molecule has 0 radical (unpaired) electrons. The third kappa shape index (κ3) is 9.27. The molecule has 0 saturated heterocycles. The molecule has 0 aliphatic heterocycles. The SMILES string of the molecule is CC.CC.CCCCCCc1ccc(C)cc1C. The van der Waals surface area contributed by atoms with Crippen LogP contribution in [0.1, 0.15) is 77.0 Å². The van der Waals surface area contributed by atoms with Crippen molar-refractivity contribution in [3.05, 3.63) is 34.9 Å². The highest BCUT2D eigenvalue weighted by Crippen LogP contribution is 2.14. The van der Waals surface area contributed by atoms with Crippen molar-refractivity contribution >= 4 is 0 Å². The van der Waals surface area contributed by atoms with Gasteiger partial charge in [-0.3, -0.25) is 0 Å². The Morgan fingerprint density at radius 2 is 1.44 bits per heavy atom. The standard InChI is InChI=1S/C14H22.2C2H6/c1-4-5-6-7-8-14-10-9-12(2)11-13(14)3;2*1-2/h9-11H,4-8H2,1-3H3;2*1-2H3. The molecule has 0 aliphatic carbocycles. The van der Waals surface area contributed by atoms with Gasteiger partial charge in [-0.15, -0.1) is 0 Å². The van der Waals surface area contributed by atoms with Gasteiger partial charge in [0.25, 0.3) is 0 Å². The monoisotopic (exact) mass is 250 g/mol. The van der Waals surface area contributed by atoms with E-state index in [1.54, 1.807) is 0 Å². The van der Waals surface area contributed by atoms with Crippen LogP contribution < -0.4 is 0 Å². The Morgan fingerprint density at radius 3 is 1.94 bits per heavy atom. The first-order valence-electron chi connectivity index (χ1n) is 7.80. The third-order valence-corrected chi connectivity index (χ3v) is 2.80. The number of hydrogen-bond donors (Lipinski definition) is 0. The van der Waals surface area contributed by atoms with Crippen molar-refractivity contribution in [2.24, 2.45) is 0 Å². The Morgan fingerprint density at radius 1 is 0.833 bits per heavy atom. The predicted molar refractivity (Wildman–Crippen MR) is 86.5 cm³/mol. The highest BCUT2D eigenvalue weighted by atomic mass is 14.0. The van der Waals surface area contributed by atoms with Gasteiger partial charge in [-0.1, -0.05) is 77.6 Å². The maximum Gasteiger partial charge on any atom is -0.0276 e. The first-order valence-corrected chi connectivity index (χ1v) is 7.80. The number of unbranched alkanes of at least 4 members (excludes halogenated alkanes) is 3. The van der Waals surface area contributed by atoms with Gasteiger partial charge < -0.3 is 0 Å². The van der Waals surface area contributed by atoms with Crippen LogP contribution in [-0.2, 0) is 6.42 Å². The highest BCUT2D eigenvalue weighted by Gasteiger charge is 1.97. The van der Waals surface area contributed by atoms with Crippen LogP contribution in [0.15, 0.2) is 18.2 Å². The lowest BCUT2D eigenvalue weighted by Gasteiger charge is -2.06. The minimum Gasteiger partial charge on any atom is -0.0683 e. The smallest absolute Gasteiger partial charge is 0.0276 e. The van der Waals surface area contributed by atoms with Crippen LogP contribution in [0.4, 0.5) is 0 Å². The largest absolute Gasteiger partial charge is 0.0683 e. The lowest BCUT2D eigenvalue weighted by molar-refractivity contribution is 0.665. The van der Waals surface area contributed by atoms with E-state index < -0.39 is 0 Å². The van der Waals surface area contributed by atoms with Crippen LogP contribution in [0.5, 0.6) is 0 Å². The van der Waals surface area contributed by atoms with Crippen molar-refractivity contribution in [2.75, 3.05) is 0 Å². The molecular weight excluding hydrogens is 216 g/mol. The Balaban J connectivity index is 0. The average Bonchev–Trinajstić information content (AvgIpc) is 2.41. The van der Waals surface area contributed by atoms with Gasteiger partial charge in [-0.05, 0) is 37.8 Å². The van der Waals surface area contributed by atoms with Gasteiger partial charge in [0.1, 0.15) is 0 Å². The van der Waals surface area contributed by atoms with Crippen molar-refractivity contribution in [1.82, 2.24) is 0 Å². The van der Waals surface area contributed by atoms with Crippen molar-refractivity contribution in [2.45, 2.75) is 80.6 Å². The van der Waals surface area contributed by atoms with E-state index in [1.807, 2.05) is 27.7 Å². The number of hydrogen-bond acceptors (Lipinski definition) is 0. The van der Waals surface area contributed by atoms with E-state index in [9.17, 15) is 0 Å². The molecular formula is C18H34. The van der Waals surface area contributed by atoms with Gasteiger partial charge >= 0.3 is 0 Å². The Hall–Kier alpha value is -0.780. The molecule has 0 fully saturated rings. The van der Waals surface area contributed by atoms with E-state index in [0.717, 1.165) is 0 Å². The molecule has 0 heteroatoms. The summed E-state index contributed by atoms with van der Waals surface area (Å²) in [6.07, 6.45) is 6.69. The van der Waals surface area contributed by atoms with E-state index >= 15 is 0 Å². The maximum atomic E-state index is 2.29. The summed E-state index contributed by atoms with van der Waals surface area (Å²) in [6, 6.07) is 6.80. The summed E-state index contributed by atoms with van der Waals surface area (Å²) in [5.74, 6) is 0.